The number of carbonyl (C=O) groups is 2. The number of benzene rings is 3. The molecule has 1 amide bonds. The van der Waals surface area contributed by atoms with E-state index in [9.17, 15) is 41.0 Å². The van der Waals surface area contributed by atoms with Crippen molar-refractivity contribution in [3.05, 3.63) is 100 Å². The highest BCUT2D eigenvalue weighted by Gasteiger charge is 2.37. The second-order valence-electron chi connectivity index (χ2n) is 7.42. The van der Waals surface area contributed by atoms with Crippen LogP contribution in [0.5, 0.6) is 0 Å². The summed E-state index contributed by atoms with van der Waals surface area (Å²) in [5, 5.41) is 11.6. The third-order valence-electron chi connectivity index (χ3n) is 4.96. The van der Waals surface area contributed by atoms with E-state index in [2.05, 4.69) is 5.32 Å². The molecular weight excluding hydrogens is 464 g/mol. The average Bonchev–Trinajstić information content (AvgIpc) is 2.77. The highest BCUT2D eigenvalue weighted by molar-refractivity contribution is 6.08. The molecule has 0 aliphatic carbocycles. The maximum absolute atomic E-state index is 13.1. The normalized spacial score (nSPS) is 11.8. The zero-order valence-corrected chi connectivity index (χ0v) is 17.3. The Bertz CT molecular complexity index is 1170. The lowest BCUT2D eigenvalue weighted by molar-refractivity contribution is -0.143. The Kier molecular flexibility index (Phi) is 6.99. The maximum Gasteiger partial charge on any atom is 0.416 e. The van der Waals surface area contributed by atoms with Crippen molar-refractivity contribution in [3.63, 3.8) is 0 Å². The Morgan fingerprint density at radius 3 is 1.82 bits per heavy atom. The summed E-state index contributed by atoms with van der Waals surface area (Å²) >= 11 is 0. The number of aryl methyl sites for hydroxylation is 2. The number of hydrogen-bond donors (Lipinski definition) is 2. The fourth-order valence-electron chi connectivity index (χ4n) is 3.25. The molecule has 10 heteroatoms. The summed E-state index contributed by atoms with van der Waals surface area (Å²) in [7, 11) is 0. The van der Waals surface area contributed by atoms with Crippen molar-refractivity contribution >= 4 is 17.6 Å². The topological polar surface area (TPSA) is 66.4 Å². The van der Waals surface area contributed by atoms with Crippen LogP contribution in [0.1, 0.15) is 43.0 Å². The van der Waals surface area contributed by atoms with Crippen molar-refractivity contribution in [2.24, 2.45) is 0 Å². The van der Waals surface area contributed by atoms with Gasteiger partial charge in [0, 0.05) is 5.56 Å². The van der Waals surface area contributed by atoms with E-state index in [1.165, 1.54) is 18.2 Å². The molecule has 0 bridgehead atoms. The van der Waals surface area contributed by atoms with E-state index in [4.69, 9.17) is 0 Å². The number of alkyl halides is 6. The van der Waals surface area contributed by atoms with Gasteiger partial charge < -0.3 is 10.4 Å². The SMILES string of the molecule is O=C(Nc1cc(CCc2ccccc2)ccc1C(=O)O)c1cc(C(F)(F)F)cc(C(F)(F)F)c1. The molecule has 178 valence electrons. The van der Waals surface area contributed by atoms with Crippen molar-refractivity contribution < 1.29 is 41.0 Å². The van der Waals surface area contributed by atoms with Gasteiger partial charge in [-0.3, -0.25) is 4.79 Å². The predicted octanol–water partition coefficient (Wildman–Crippen LogP) is 6.46. The minimum atomic E-state index is -5.13. The molecule has 0 unspecified atom stereocenters. The number of anilines is 1. The average molecular weight is 481 g/mol. The van der Waals surface area contributed by atoms with Crippen molar-refractivity contribution in [1.29, 1.82) is 0 Å². The van der Waals surface area contributed by atoms with Crippen LogP contribution in [0.15, 0.2) is 66.7 Å². The number of nitrogens with one attached hydrogen (secondary N) is 1. The molecule has 4 nitrogen and oxygen atoms in total. The monoisotopic (exact) mass is 481 g/mol. The molecule has 0 aliphatic heterocycles. The van der Waals surface area contributed by atoms with Crippen molar-refractivity contribution in [2.45, 2.75) is 25.2 Å². The molecule has 3 rings (SSSR count). The van der Waals surface area contributed by atoms with Crippen LogP contribution in [-0.2, 0) is 25.2 Å². The Balaban J connectivity index is 1.93. The second-order valence-corrected chi connectivity index (χ2v) is 7.42. The zero-order valence-electron chi connectivity index (χ0n) is 17.3. The first-order chi connectivity index (χ1) is 15.8. The number of rotatable bonds is 6. The van der Waals surface area contributed by atoms with Crippen LogP contribution in [0.3, 0.4) is 0 Å². The molecule has 0 fully saturated rings. The number of amides is 1. The molecule has 0 aromatic heterocycles. The van der Waals surface area contributed by atoms with Gasteiger partial charge in [0.25, 0.3) is 5.91 Å². The lowest BCUT2D eigenvalue weighted by atomic mass is 10.0. The van der Waals surface area contributed by atoms with Gasteiger partial charge in [-0.2, -0.15) is 26.3 Å². The molecule has 0 saturated heterocycles. The molecule has 0 saturated carbocycles. The highest BCUT2D eigenvalue weighted by Crippen LogP contribution is 2.36. The zero-order chi connectivity index (χ0) is 25.1. The highest BCUT2D eigenvalue weighted by atomic mass is 19.4. The van der Waals surface area contributed by atoms with Crippen LogP contribution < -0.4 is 5.32 Å². The van der Waals surface area contributed by atoms with Crippen molar-refractivity contribution in [3.8, 4) is 0 Å². The number of carbonyl (C=O) groups excluding carboxylic acids is 1. The largest absolute Gasteiger partial charge is 0.478 e. The Hall–Kier alpha value is -3.82. The molecule has 0 spiro atoms. The fraction of sp³-hybridized carbons (Fsp3) is 0.167. The molecule has 3 aromatic rings. The Morgan fingerprint density at radius 2 is 1.29 bits per heavy atom. The molecule has 0 radical (unpaired) electrons. The van der Waals surface area contributed by atoms with Gasteiger partial charge in [0.05, 0.1) is 22.4 Å². The van der Waals surface area contributed by atoms with Crippen LogP contribution in [0.25, 0.3) is 0 Å². The number of carboxylic acids is 1. The molecular formula is C24H17F6NO3. The first kappa shape index (κ1) is 24.8. The van der Waals surface area contributed by atoms with E-state index in [1.54, 1.807) is 0 Å². The maximum atomic E-state index is 13.1. The third-order valence-corrected chi connectivity index (χ3v) is 4.96. The van der Waals surface area contributed by atoms with E-state index in [0.717, 1.165) is 5.56 Å². The third kappa shape index (κ3) is 6.15. The van der Waals surface area contributed by atoms with Crippen LogP contribution in [0.2, 0.25) is 0 Å². The van der Waals surface area contributed by atoms with E-state index in [-0.39, 0.29) is 29.4 Å². The summed E-state index contributed by atoms with van der Waals surface area (Å²) < 4.78 is 78.6. The lowest BCUT2D eigenvalue weighted by Crippen LogP contribution is -2.18. The molecule has 0 aliphatic rings. The smallest absolute Gasteiger partial charge is 0.416 e. The van der Waals surface area contributed by atoms with Crippen molar-refractivity contribution in [1.82, 2.24) is 0 Å². The fourth-order valence-corrected chi connectivity index (χ4v) is 3.25. The molecule has 0 atom stereocenters. The van der Waals surface area contributed by atoms with Gasteiger partial charge in [-0.1, -0.05) is 36.4 Å². The van der Waals surface area contributed by atoms with Gasteiger partial charge in [0.2, 0.25) is 0 Å². The number of carboxylic acid groups (broad SMARTS) is 1. The van der Waals surface area contributed by atoms with E-state index >= 15 is 0 Å². The summed E-state index contributed by atoms with van der Waals surface area (Å²) in [6.45, 7) is 0. The minimum absolute atomic E-state index is 0.0936. The van der Waals surface area contributed by atoms with Gasteiger partial charge >= 0.3 is 18.3 Å². The summed E-state index contributed by atoms with van der Waals surface area (Å²) in [6.07, 6.45) is -9.21. The molecule has 2 N–H and O–H groups in total. The lowest BCUT2D eigenvalue weighted by Gasteiger charge is -2.15. The number of halogens is 6. The van der Waals surface area contributed by atoms with Gasteiger partial charge in [0.1, 0.15) is 0 Å². The molecule has 3 aromatic carbocycles. The number of hydrogen-bond acceptors (Lipinski definition) is 2. The standard InChI is InChI=1S/C24H17F6NO3/c25-23(26,27)17-11-16(12-18(13-17)24(28,29)30)21(32)31-20-10-15(8-9-19(20)22(33)34)7-6-14-4-2-1-3-5-14/h1-5,8-13H,6-7H2,(H,31,32)(H,33,34). The van der Waals surface area contributed by atoms with Gasteiger partial charge in [-0.05, 0) is 54.3 Å². The van der Waals surface area contributed by atoms with Gasteiger partial charge in [-0.15, -0.1) is 0 Å². The molecule has 0 heterocycles. The summed E-state index contributed by atoms with van der Waals surface area (Å²) in [6, 6.07) is 13.9. The molecule has 34 heavy (non-hydrogen) atoms. The Morgan fingerprint density at radius 1 is 0.735 bits per heavy atom. The summed E-state index contributed by atoms with van der Waals surface area (Å²) in [4.78, 5) is 24.2. The van der Waals surface area contributed by atoms with Crippen LogP contribution in [-0.4, -0.2) is 17.0 Å². The first-order valence-electron chi connectivity index (χ1n) is 9.85. The second kappa shape index (κ2) is 9.58. The van der Waals surface area contributed by atoms with E-state index < -0.39 is 40.9 Å². The summed E-state index contributed by atoms with van der Waals surface area (Å²) in [5.74, 6) is -2.73. The number of aromatic carboxylic acids is 1. The Labute approximate surface area is 189 Å². The summed E-state index contributed by atoms with van der Waals surface area (Å²) in [5.41, 5.74) is -3.20. The van der Waals surface area contributed by atoms with E-state index in [1.807, 2.05) is 30.3 Å². The van der Waals surface area contributed by atoms with Crippen LogP contribution >= 0.6 is 0 Å². The first-order valence-corrected chi connectivity index (χ1v) is 9.85. The van der Waals surface area contributed by atoms with Crippen LogP contribution in [0.4, 0.5) is 32.0 Å². The van der Waals surface area contributed by atoms with E-state index in [0.29, 0.717) is 18.4 Å². The van der Waals surface area contributed by atoms with Gasteiger partial charge in [0.15, 0.2) is 0 Å². The van der Waals surface area contributed by atoms with Crippen LogP contribution in [0, 0.1) is 0 Å². The predicted molar refractivity (Wildman–Crippen MR) is 112 cm³/mol. The van der Waals surface area contributed by atoms with Crippen molar-refractivity contribution in [2.75, 3.05) is 5.32 Å². The quantitative estimate of drug-likeness (QED) is 0.397. The minimum Gasteiger partial charge on any atom is -0.478 e. The van der Waals surface area contributed by atoms with Gasteiger partial charge in [-0.25, -0.2) is 4.79 Å².